The molecule has 0 bridgehead atoms. The number of benzene rings is 1. The minimum absolute atomic E-state index is 0.135. The molecular weight excluding hydrogens is 335 g/mol. The van der Waals surface area contributed by atoms with Crippen molar-refractivity contribution in [3.63, 3.8) is 0 Å². The van der Waals surface area contributed by atoms with Crippen LogP contribution in [0.2, 0.25) is 0 Å². The van der Waals surface area contributed by atoms with Crippen LogP contribution in [0.15, 0.2) is 36.7 Å². The molecule has 6 rings (SSSR count). The summed E-state index contributed by atoms with van der Waals surface area (Å²) >= 11 is 0. The van der Waals surface area contributed by atoms with Crippen molar-refractivity contribution in [2.24, 2.45) is 5.92 Å². The highest BCUT2D eigenvalue weighted by Gasteiger charge is 2.36. The first-order valence-electron chi connectivity index (χ1n) is 8.66. The van der Waals surface area contributed by atoms with Crippen LogP contribution in [0.25, 0.3) is 23.2 Å². The average Bonchev–Trinajstić information content (AvgIpc) is 3.04. The smallest absolute Gasteiger partial charge is 0.259 e. The topological polar surface area (TPSA) is 67.9 Å². The third-order valence-electron chi connectivity index (χ3n) is 5.12. The Balaban J connectivity index is 1.57. The Bertz CT molecular complexity index is 1050. The van der Waals surface area contributed by atoms with Crippen LogP contribution in [0.4, 0.5) is 10.2 Å². The molecule has 3 aromatic rings. The lowest BCUT2D eigenvalue weighted by Gasteiger charge is -2.29. The fraction of sp³-hybridized carbons (Fsp3) is 0.294. The van der Waals surface area contributed by atoms with Crippen molar-refractivity contribution < 1.29 is 4.48 Å². The van der Waals surface area contributed by atoms with Crippen molar-refractivity contribution in [2.75, 3.05) is 11.6 Å². The molecule has 0 unspecified atom stereocenters. The van der Waals surface area contributed by atoms with Gasteiger partial charge in [-0.1, -0.05) is 21.8 Å². The maximum Gasteiger partial charge on any atom is 0.259 e. The van der Waals surface area contributed by atoms with E-state index in [4.69, 9.17) is 0 Å². The molecule has 3 aliphatic rings. The summed E-state index contributed by atoms with van der Waals surface area (Å²) in [6.07, 6.45) is 6.64. The predicted molar refractivity (Wildman–Crippen MR) is 91.4 cm³/mol. The molecule has 26 heavy (non-hydrogen) atoms. The summed E-state index contributed by atoms with van der Waals surface area (Å²) in [6, 6.07) is 7.83. The molecule has 4 heterocycles. The quantitative estimate of drug-likeness (QED) is 0.675. The molecule has 1 fully saturated rings. The molecule has 0 radical (unpaired) electrons. The number of para-hydroxylation sites is 1. The molecule has 0 saturated heterocycles. The first kappa shape index (κ1) is 14.0. The first-order chi connectivity index (χ1) is 12.8. The molecule has 0 spiro atoms. The first-order valence-corrected chi connectivity index (χ1v) is 8.66. The largest absolute Gasteiger partial charge is 0.304 e. The SMILES string of the molecule is FN1C=C2N(C1)c1ccccc1-c1nnc(-n3nncc3CC3CC3)n12. The zero-order chi connectivity index (χ0) is 17.3. The van der Waals surface area contributed by atoms with Gasteiger partial charge in [0.15, 0.2) is 5.82 Å². The maximum atomic E-state index is 14.1. The summed E-state index contributed by atoms with van der Waals surface area (Å²) in [4.78, 5) is 1.91. The van der Waals surface area contributed by atoms with E-state index in [0.29, 0.717) is 28.6 Å². The number of aromatic nitrogens is 6. The second-order valence-electron chi connectivity index (χ2n) is 6.92. The second kappa shape index (κ2) is 4.90. The van der Waals surface area contributed by atoms with Crippen LogP contribution in [-0.2, 0) is 6.42 Å². The Morgan fingerprint density at radius 1 is 1.15 bits per heavy atom. The Morgan fingerprint density at radius 3 is 2.92 bits per heavy atom. The van der Waals surface area contributed by atoms with Crippen LogP contribution in [0, 0.1) is 5.92 Å². The Labute approximate surface area is 148 Å². The van der Waals surface area contributed by atoms with Gasteiger partial charge in [-0.3, -0.25) is 0 Å². The molecule has 0 amide bonds. The van der Waals surface area contributed by atoms with Gasteiger partial charge in [0.1, 0.15) is 12.5 Å². The van der Waals surface area contributed by atoms with Crippen molar-refractivity contribution in [3.05, 3.63) is 42.4 Å². The summed E-state index contributed by atoms with van der Waals surface area (Å²) < 4.78 is 17.7. The lowest BCUT2D eigenvalue weighted by atomic mass is 10.1. The van der Waals surface area contributed by atoms with Crippen LogP contribution in [0.3, 0.4) is 0 Å². The molecule has 0 N–H and O–H groups in total. The van der Waals surface area contributed by atoms with Gasteiger partial charge in [0.2, 0.25) is 0 Å². The average molecular weight is 350 g/mol. The minimum atomic E-state index is 0.135. The van der Waals surface area contributed by atoms with Gasteiger partial charge in [0, 0.05) is 5.56 Å². The lowest BCUT2D eigenvalue weighted by Crippen LogP contribution is -2.29. The number of hydrogen-bond donors (Lipinski definition) is 0. The zero-order valence-corrected chi connectivity index (χ0v) is 13.8. The number of hydrogen-bond acceptors (Lipinski definition) is 6. The fourth-order valence-electron chi connectivity index (χ4n) is 3.70. The maximum absolute atomic E-state index is 14.1. The molecular formula is C17H15FN8. The fourth-order valence-corrected chi connectivity index (χ4v) is 3.70. The van der Waals surface area contributed by atoms with Gasteiger partial charge >= 0.3 is 0 Å². The molecule has 2 aliphatic heterocycles. The highest BCUT2D eigenvalue weighted by atomic mass is 19.2. The molecule has 9 heteroatoms. The molecule has 2 aromatic heterocycles. The van der Waals surface area contributed by atoms with Gasteiger partial charge in [0.05, 0.1) is 23.8 Å². The van der Waals surface area contributed by atoms with E-state index in [9.17, 15) is 4.48 Å². The van der Waals surface area contributed by atoms with E-state index in [0.717, 1.165) is 23.4 Å². The standard InChI is InChI=1S/C17H15FN8/c18-23-9-15-24(10-23)14-4-2-1-3-13(14)16-20-21-17(25(15)16)26-12(8-19-22-26)7-11-5-6-11/h1-4,8-9,11H,5-7,10H2. The summed E-state index contributed by atoms with van der Waals surface area (Å²) in [6.45, 7) is 0.135. The van der Waals surface area contributed by atoms with Crippen LogP contribution >= 0.6 is 0 Å². The number of anilines is 1. The van der Waals surface area contributed by atoms with E-state index in [1.165, 1.54) is 19.0 Å². The predicted octanol–water partition coefficient (Wildman–Crippen LogP) is 2.21. The molecule has 1 aromatic carbocycles. The normalized spacial score (nSPS) is 17.8. The molecule has 130 valence electrons. The van der Waals surface area contributed by atoms with Crippen molar-refractivity contribution >= 4 is 11.5 Å². The highest BCUT2D eigenvalue weighted by Crippen LogP contribution is 2.42. The third-order valence-corrected chi connectivity index (χ3v) is 5.12. The van der Waals surface area contributed by atoms with Gasteiger partial charge in [-0.25, -0.2) is 4.57 Å². The molecule has 1 aliphatic carbocycles. The summed E-state index contributed by atoms with van der Waals surface area (Å²) in [7, 11) is 0. The molecule has 8 nitrogen and oxygen atoms in total. The highest BCUT2D eigenvalue weighted by molar-refractivity contribution is 5.89. The van der Waals surface area contributed by atoms with Crippen LogP contribution in [-0.4, -0.2) is 41.5 Å². The number of nitrogens with zero attached hydrogens (tertiary/aromatic N) is 8. The van der Waals surface area contributed by atoms with Crippen LogP contribution in [0.1, 0.15) is 18.5 Å². The van der Waals surface area contributed by atoms with Crippen LogP contribution in [0.5, 0.6) is 0 Å². The van der Waals surface area contributed by atoms with E-state index in [1.54, 1.807) is 10.9 Å². The number of halogens is 1. The number of rotatable bonds is 3. The van der Waals surface area contributed by atoms with Gasteiger partial charge in [-0.05, 0) is 37.3 Å². The van der Waals surface area contributed by atoms with E-state index >= 15 is 0 Å². The van der Waals surface area contributed by atoms with Gasteiger partial charge in [0.25, 0.3) is 5.95 Å². The van der Waals surface area contributed by atoms with Gasteiger partial charge < -0.3 is 4.90 Å². The summed E-state index contributed by atoms with van der Waals surface area (Å²) in [5, 5.41) is 17.7. The van der Waals surface area contributed by atoms with E-state index in [1.807, 2.05) is 33.7 Å². The Kier molecular flexibility index (Phi) is 2.64. The van der Waals surface area contributed by atoms with E-state index < -0.39 is 0 Å². The summed E-state index contributed by atoms with van der Waals surface area (Å²) in [5.74, 6) is 2.59. The van der Waals surface area contributed by atoms with Gasteiger partial charge in [-0.15, -0.1) is 15.3 Å². The third kappa shape index (κ3) is 1.88. The second-order valence-corrected chi connectivity index (χ2v) is 6.92. The van der Waals surface area contributed by atoms with Gasteiger partial charge in [-0.2, -0.15) is 9.80 Å². The van der Waals surface area contributed by atoms with E-state index in [-0.39, 0.29) is 6.67 Å². The zero-order valence-electron chi connectivity index (χ0n) is 13.8. The van der Waals surface area contributed by atoms with Crippen molar-refractivity contribution in [1.29, 1.82) is 0 Å². The van der Waals surface area contributed by atoms with Crippen molar-refractivity contribution in [1.82, 2.24) is 34.9 Å². The summed E-state index contributed by atoms with van der Waals surface area (Å²) in [5.41, 5.74) is 2.84. The lowest BCUT2D eigenvalue weighted by molar-refractivity contribution is 0.104. The Morgan fingerprint density at radius 2 is 2.04 bits per heavy atom. The monoisotopic (exact) mass is 350 g/mol. The minimum Gasteiger partial charge on any atom is -0.304 e. The number of fused-ring (bicyclic) bond motifs is 6. The van der Waals surface area contributed by atoms with Crippen LogP contribution < -0.4 is 4.90 Å². The van der Waals surface area contributed by atoms with Crippen molar-refractivity contribution in [3.8, 4) is 17.3 Å². The molecule has 0 atom stereocenters. The van der Waals surface area contributed by atoms with Crippen molar-refractivity contribution in [2.45, 2.75) is 19.3 Å². The molecule has 1 saturated carbocycles. The Hall–Kier alpha value is -3.23. The van der Waals surface area contributed by atoms with E-state index in [2.05, 4.69) is 20.5 Å².